The molecule has 4 atom stereocenters. The van der Waals surface area contributed by atoms with Crippen molar-refractivity contribution < 1.29 is 50.2 Å². The van der Waals surface area contributed by atoms with E-state index in [1.54, 1.807) is 32.9 Å². The highest BCUT2D eigenvalue weighted by Gasteiger charge is 2.59. The first-order valence-corrected chi connectivity index (χ1v) is 20.2. The Hall–Kier alpha value is -3.37. The average molecular weight is 827 g/mol. The molecule has 5 nitrogen and oxygen atoms in total. The summed E-state index contributed by atoms with van der Waals surface area (Å²) in [5.74, 6) is -7.16. The van der Waals surface area contributed by atoms with Crippen molar-refractivity contribution in [3.63, 3.8) is 0 Å². The number of carbonyl (C=O) groups excluding carboxylic acids is 3. The fraction of sp³-hybridized carbons (Fsp3) is 0.681. The van der Waals surface area contributed by atoms with E-state index < -0.39 is 75.2 Å². The summed E-state index contributed by atoms with van der Waals surface area (Å²) in [5, 5.41) is 0. The van der Waals surface area contributed by atoms with Crippen LogP contribution < -0.4 is 0 Å². The molecular weight excluding hydrogens is 758 g/mol. The molecule has 0 heterocycles. The summed E-state index contributed by atoms with van der Waals surface area (Å²) in [4.78, 5) is 40.4. The predicted octanol–water partition coefficient (Wildman–Crippen LogP) is 13.4. The number of benzene rings is 2. The van der Waals surface area contributed by atoms with Crippen LogP contribution in [0.2, 0.25) is 0 Å². The molecule has 2 rings (SSSR count). The third kappa shape index (κ3) is 13.1. The van der Waals surface area contributed by atoms with Crippen LogP contribution in [-0.2, 0) is 19.1 Å². The van der Waals surface area contributed by atoms with E-state index in [4.69, 9.17) is 9.47 Å². The molecule has 2 aromatic rings. The van der Waals surface area contributed by atoms with Gasteiger partial charge in [-0.25, -0.2) is 4.39 Å². The van der Waals surface area contributed by atoms with Crippen LogP contribution in [0.15, 0.2) is 54.6 Å². The zero-order valence-corrected chi connectivity index (χ0v) is 37.2. The molecule has 0 amide bonds. The van der Waals surface area contributed by atoms with Gasteiger partial charge in [0.15, 0.2) is 12.4 Å². The molecule has 0 aliphatic rings. The molecule has 0 saturated heterocycles. The van der Waals surface area contributed by atoms with Crippen molar-refractivity contribution in [1.29, 1.82) is 0 Å². The number of carbonyl (C=O) groups is 3. The summed E-state index contributed by atoms with van der Waals surface area (Å²) >= 11 is 0. The molecule has 0 radical (unpaired) electrons. The summed E-state index contributed by atoms with van der Waals surface area (Å²) in [6.07, 6.45) is -7.46. The van der Waals surface area contributed by atoms with Gasteiger partial charge in [0.2, 0.25) is 0 Å². The zero-order valence-electron chi connectivity index (χ0n) is 37.2. The van der Waals surface area contributed by atoms with E-state index in [0.29, 0.717) is 24.0 Å². The molecule has 328 valence electrons. The van der Waals surface area contributed by atoms with Crippen molar-refractivity contribution >= 4 is 17.7 Å². The van der Waals surface area contributed by atoms with Crippen LogP contribution in [0.25, 0.3) is 0 Å². The Balaban J connectivity index is 2.57. The fourth-order valence-electron chi connectivity index (χ4n) is 9.42. The molecule has 0 aliphatic heterocycles. The van der Waals surface area contributed by atoms with Crippen LogP contribution in [0.1, 0.15) is 156 Å². The molecular formula is C47H68F6O5. The summed E-state index contributed by atoms with van der Waals surface area (Å²) < 4.78 is 92.5. The second-order valence-electron chi connectivity index (χ2n) is 20.6. The van der Waals surface area contributed by atoms with E-state index in [1.165, 1.54) is 7.11 Å². The van der Waals surface area contributed by atoms with E-state index in [9.17, 15) is 40.7 Å². The normalized spacial score (nSPS) is 16.2. The minimum Gasteiger partial charge on any atom is -0.469 e. The Morgan fingerprint density at radius 1 is 0.690 bits per heavy atom. The first-order valence-electron chi connectivity index (χ1n) is 20.2. The number of methoxy groups -OCH3 is 1. The molecule has 0 saturated carbocycles. The van der Waals surface area contributed by atoms with Crippen LogP contribution in [-0.4, -0.2) is 49.7 Å². The van der Waals surface area contributed by atoms with Crippen molar-refractivity contribution in [2.24, 2.45) is 38.4 Å². The number of hydrogen-bond acceptors (Lipinski definition) is 5. The number of rotatable bonds is 20. The number of hydrogen-bond donors (Lipinski definition) is 0. The van der Waals surface area contributed by atoms with Crippen LogP contribution >= 0.6 is 0 Å². The lowest BCUT2D eigenvalue weighted by Gasteiger charge is -2.51. The van der Waals surface area contributed by atoms with Gasteiger partial charge >= 0.3 is 24.0 Å². The van der Waals surface area contributed by atoms with Crippen molar-refractivity contribution in [1.82, 2.24) is 0 Å². The fourth-order valence-corrected chi connectivity index (χ4v) is 9.42. The molecule has 0 bridgehead atoms. The maximum Gasteiger partial charge on any atom is 0.425 e. The molecule has 0 N–H and O–H groups in total. The lowest BCUT2D eigenvalue weighted by Crippen LogP contribution is -2.51. The molecule has 0 spiro atoms. The molecule has 0 fully saturated rings. The van der Waals surface area contributed by atoms with Gasteiger partial charge < -0.3 is 9.47 Å². The maximum absolute atomic E-state index is 14.6. The molecule has 0 aliphatic carbocycles. The quantitative estimate of drug-likeness (QED) is 0.0755. The van der Waals surface area contributed by atoms with Crippen molar-refractivity contribution in [3.8, 4) is 0 Å². The van der Waals surface area contributed by atoms with Gasteiger partial charge in [-0.05, 0) is 77.6 Å². The van der Waals surface area contributed by atoms with Gasteiger partial charge in [0.05, 0.1) is 18.4 Å². The Bertz CT molecular complexity index is 1670. The first kappa shape index (κ1) is 50.8. The molecule has 2 aromatic carbocycles. The third-order valence-corrected chi connectivity index (χ3v) is 12.1. The molecule has 58 heavy (non-hydrogen) atoms. The number of halogens is 6. The third-order valence-electron chi connectivity index (χ3n) is 12.1. The van der Waals surface area contributed by atoms with Gasteiger partial charge in [-0.2, -0.15) is 22.0 Å². The second kappa shape index (κ2) is 18.5. The lowest BCUT2D eigenvalue weighted by atomic mass is 9.53. The van der Waals surface area contributed by atoms with Crippen LogP contribution in [0.3, 0.4) is 0 Å². The molecule has 11 heteroatoms. The first-order chi connectivity index (χ1) is 26.2. The monoisotopic (exact) mass is 826 g/mol. The van der Waals surface area contributed by atoms with E-state index in [1.807, 2.05) is 90.9 Å². The molecule has 0 aromatic heterocycles. The second-order valence-corrected chi connectivity index (χ2v) is 20.6. The maximum atomic E-state index is 14.6. The van der Waals surface area contributed by atoms with Gasteiger partial charge in [-0.3, -0.25) is 14.4 Å². The van der Waals surface area contributed by atoms with Gasteiger partial charge in [0, 0.05) is 11.1 Å². The smallest absolute Gasteiger partial charge is 0.425 e. The largest absolute Gasteiger partial charge is 0.469 e. The highest BCUT2D eigenvalue weighted by molar-refractivity contribution is 6.08. The number of esters is 2. The lowest BCUT2D eigenvalue weighted by molar-refractivity contribution is -0.256. The summed E-state index contributed by atoms with van der Waals surface area (Å²) in [5.41, 5.74) is -2.67. The van der Waals surface area contributed by atoms with E-state index in [0.717, 1.165) is 18.4 Å². The van der Waals surface area contributed by atoms with Crippen molar-refractivity contribution in [2.45, 2.75) is 153 Å². The molecule has 4 unspecified atom stereocenters. The topological polar surface area (TPSA) is 69.7 Å². The standard InChI is InChI=1S/C47H68F6O5/c1-15-19-34(31-22-24-33(25-23-31)36(54)32-20-17-16-18-21-32)43(9,10)27-42(7,8)29-45(13,39(56)58-30-46(49,50)38(48)47(51,52)53)44(11,12)28-41(5,6)26-35(37(55)57-14)40(2,3)4/h16-18,20-25,34-35,38H,15,19,26-30H2,1-14H3. The summed E-state index contributed by atoms with van der Waals surface area (Å²) in [6.45, 7) is 23.0. The van der Waals surface area contributed by atoms with Gasteiger partial charge in [-0.1, -0.05) is 144 Å². The Morgan fingerprint density at radius 2 is 1.21 bits per heavy atom. The number of ether oxygens (including phenoxy) is 2. The highest BCUT2D eigenvalue weighted by atomic mass is 19.4. The Labute approximate surface area is 343 Å². The van der Waals surface area contributed by atoms with Gasteiger partial charge in [0.1, 0.15) is 0 Å². The Morgan fingerprint density at radius 3 is 1.67 bits per heavy atom. The SMILES string of the molecule is CCCC(c1ccc(C(=O)c2ccccc2)cc1)C(C)(C)CC(C)(C)CC(C)(C(=O)OCC(F)(F)C(F)C(F)(F)F)C(C)(C)CC(C)(C)CC(C(=O)OC)C(C)(C)C. The van der Waals surface area contributed by atoms with Crippen LogP contribution in [0, 0.1) is 38.4 Å². The zero-order chi connectivity index (χ0) is 44.9. The average Bonchev–Trinajstić information content (AvgIpc) is 3.09. The highest BCUT2D eigenvalue weighted by Crippen LogP contribution is 2.57. The van der Waals surface area contributed by atoms with Crippen LogP contribution in [0.4, 0.5) is 26.3 Å². The number of alkyl halides is 6. The van der Waals surface area contributed by atoms with Gasteiger partial charge in [0.25, 0.3) is 6.17 Å². The van der Waals surface area contributed by atoms with E-state index in [2.05, 4.69) is 20.8 Å². The number of ketones is 1. The van der Waals surface area contributed by atoms with Crippen molar-refractivity contribution in [2.75, 3.05) is 13.7 Å². The minimum atomic E-state index is -5.86. The van der Waals surface area contributed by atoms with E-state index >= 15 is 0 Å². The minimum absolute atomic E-state index is 0.0120. The Kier molecular flexibility index (Phi) is 16.2. The van der Waals surface area contributed by atoms with Crippen LogP contribution in [0.5, 0.6) is 0 Å². The predicted molar refractivity (Wildman–Crippen MR) is 217 cm³/mol. The summed E-state index contributed by atoms with van der Waals surface area (Å²) in [7, 11) is 1.32. The van der Waals surface area contributed by atoms with Crippen molar-refractivity contribution in [3.05, 3.63) is 71.3 Å². The van der Waals surface area contributed by atoms with E-state index in [-0.39, 0.29) is 24.5 Å². The summed E-state index contributed by atoms with van der Waals surface area (Å²) in [6, 6.07) is 16.6. The van der Waals surface area contributed by atoms with Gasteiger partial charge in [-0.15, -0.1) is 0 Å².